The normalized spacial score (nSPS) is 15.8. The third kappa shape index (κ3) is 2.70. The molecule has 25 heavy (non-hydrogen) atoms. The number of aromatic nitrogens is 1. The number of nitrogens with one attached hydrogen (secondary N) is 1. The molecule has 4 rings (SSSR count). The fourth-order valence-electron chi connectivity index (χ4n) is 3.09. The third-order valence-electron chi connectivity index (χ3n) is 4.26. The van der Waals surface area contributed by atoms with Gasteiger partial charge in [-0.3, -0.25) is 14.7 Å². The molecule has 1 aliphatic rings. The molecule has 3 aromatic rings. The van der Waals surface area contributed by atoms with Gasteiger partial charge in [-0.1, -0.05) is 24.3 Å². The molecule has 124 valence electrons. The van der Waals surface area contributed by atoms with Crippen LogP contribution in [0.2, 0.25) is 0 Å². The van der Waals surface area contributed by atoms with Gasteiger partial charge in [0.1, 0.15) is 11.9 Å². The zero-order valence-corrected chi connectivity index (χ0v) is 13.7. The standard InChI is InChI=1S/C20H17N3O2/c1-25-16-8-4-6-14(12-16)22-19-17-9-2-3-10-18(17)20(24)23(19)15-7-5-11-21-13-15/h2-13,19,22H,1H3. The summed E-state index contributed by atoms with van der Waals surface area (Å²) in [6.07, 6.45) is 3.09. The maximum atomic E-state index is 13.0. The average Bonchev–Trinajstić information content (AvgIpc) is 2.95. The predicted molar refractivity (Wildman–Crippen MR) is 96.8 cm³/mol. The summed E-state index contributed by atoms with van der Waals surface area (Å²) in [7, 11) is 1.63. The molecule has 2 heterocycles. The molecule has 1 aliphatic heterocycles. The van der Waals surface area contributed by atoms with Gasteiger partial charge >= 0.3 is 0 Å². The van der Waals surface area contributed by atoms with E-state index in [1.807, 2.05) is 60.7 Å². The van der Waals surface area contributed by atoms with Gasteiger partial charge in [0.2, 0.25) is 0 Å². The van der Waals surface area contributed by atoms with Crippen LogP contribution in [0.3, 0.4) is 0 Å². The summed E-state index contributed by atoms with van der Waals surface area (Å²) in [4.78, 5) is 18.8. The number of hydrogen-bond acceptors (Lipinski definition) is 4. The average molecular weight is 331 g/mol. The van der Waals surface area contributed by atoms with Gasteiger partial charge < -0.3 is 10.1 Å². The molecule has 0 saturated heterocycles. The maximum Gasteiger partial charge on any atom is 0.260 e. The number of benzene rings is 2. The highest BCUT2D eigenvalue weighted by molar-refractivity contribution is 6.11. The maximum absolute atomic E-state index is 13.0. The Balaban J connectivity index is 1.77. The lowest BCUT2D eigenvalue weighted by atomic mass is 10.1. The first-order valence-corrected chi connectivity index (χ1v) is 8.01. The monoisotopic (exact) mass is 331 g/mol. The summed E-state index contributed by atoms with van der Waals surface area (Å²) in [5.74, 6) is 0.722. The molecule has 0 bridgehead atoms. The van der Waals surface area contributed by atoms with Gasteiger partial charge in [0.05, 0.1) is 19.0 Å². The fourth-order valence-corrected chi connectivity index (χ4v) is 3.09. The van der Waals surface area contributed by atoms with Crippen molar-refractivity contribution in [2.24, 2.45) is 0 Å². The molecular weight excluding hydrogens is 314 g/mol. The van der Waals surface area contributed by atoms with E-state index in [4.69, 9.17) is 4.74 Å². The minimum absolute atomic E-state index is 0.0380. The van der Waals surface area contributed by atoms with Crippen LogP contribution in [0, 0.1) is 0 Å². The van der Waals surface area contributed by atoms with E-state index >= 15 is 0 Å². The largest absolute Gasteiger partial charge is 0.497 e. The highest BCUT2D eigenvalue weighted by Crippen LogP contribution is 2.37. The van der Waals surface area contributed by atoms with Crippen molar-refractivity contribution in [2.75, 3.05) is 17.3 Å². The topological polar surface area (TPSA) is 54.5 Å². The van der Waals surface area contributed by atoms with Gasteiger partial charge in [0, 0.05) is 29.1 Å². The first-order chi connectivity index (χ1) is 12.3. The number of carbonyl (C=O) groups excluding carboxylic acids is 1. The van der Waals surface area contributed by atoms with E-state index in [1.165, 1.54) is 0 Å². The van der Waals surface area contributed by atoms with Gasteiger partial charge in [-0.05, 0) is 30.3 Å². The van der Waals surface area contributed by atoms with Crippen LogP contribution >= 0.6 is 0 Å². The Hall–Kier alpha value is -3.34. The third-order valence-corrected chi connectivity index (χ3v) is 4.26. The molecule has 1 atom stereocenters. The lowest BCUT2D eigenvalue weighted by molar-refractivity contribution is 0.0993. The zero-order chi connectivity index (χ0) is 17.2. The SMILES string of the molecule is COc1cccc(NC2c3ccccc3C(=O)N2c2cccnc2)c1. The molecule has 5 heteroatoms. The van der Waals surface area contributed by atoms with Crippen LogP contribution in [-0.4, -0.2) is 18.0 Å². The van der Waals surface area contributed by atoms with E-state index < -0.39 is 0 Å². The van der Waals surface area contributed by atoms with Crippen LogP contribution in [0.25, 0.3) is 0 Å². The van der Waals surface area contributed by atoms with E-state index in [1.54, 1.807) is 24.4 Å². The van der Waals surface area contributed by atoms with Crippen molar-refractivity contribution in [1.29, 1.82) is 0 Å². The number of nitrogens with zero attached hydrogens (tertiary/aromatic N) is 2. The molecule has 1 aromatic heterocycles. The minimum atomic E-state index is -0.306. The number of hydrogen-bond donors (Lipinski definition) is 1. The number of ether oxygens (including phenoxy) is 1. The summed E-state index contributed by atoms with van der Waals surface area (Å²) >= 11 is 0. The molecule has 0 saturated carbocycles. The summed E-state index contributed by atoms with van der Waals surface area (Å²) in [5, 5.41) is 3.45. The van der Waals surface area contributed by atoms with Crippen LogP contribution in [-0.2, 0) is 0 Å². The summed E-state index contributed by atoms with van der Waals surface area (Å²) in [6.45, 7) is 0. The Labute approximate surface area is 145 Å². The fraction of sp³-hybridized carbons (Fsp3) is 0.100. The van der Waals surface area contributed by atoms with Crippen LogP contribution in [0.4, 0.5) is 11.4 Å². The van der Waals surface area contributed by atoms with Crippen molar-refractivity contribution in [1.82, 2.24) is 4.98 Å². The molecule has 1 amide bonds. The Kier molecular flexibility index (Phi) is 3.82. The predicted octanol–water partition coefficient (Wildman–Crippen LogP) is 3.86. The van der Waals surface area contributed by atoms with E-state index in [0.717, 1.165) is 22.7 Å². The van der Waals surface area contributed by atoms with Crippen LogP contribution < -0.4 is 15.0 Å². The smallest absolute Gasteiger partial charge is 0.260 e. The number of carbonyl (C=O) groups is 1. The Morgan fingerprint density at radius 1 is 1.08 bits per heavy atom. The number of pyridine rings is 1. The second-order valence-electron chi connectivity index (χ2n) is 5.75. The molecule has 0 spiro atoms. The lowest BCUT2D eigenvalue weighted by Crippen LogP contribution is -2.32. The lowest BCUT2D eigenvalue weighted by Gasteiger charge is -2.27. The van der Waals surface area contributed by atoms with E-state index in [0.29, 0.717) is 5.56 Å². The second-order valence-corrected chi connectivity index (χ2v) is 5.75. The van der Waals surface area contributed by atoms with Gasteiger partial charge in [0.15, 0.2) is 0 Å². The van der Waals surface area contributed by atoms with Gasteiger partial charge in [-0.2, -0.15) is 0 Å². The quantitative estimate of drug-likeness (QED) is 0.789. The molecule has 0 radical (unpaired) electrons. The Morgan fingerprint density at radius 2 is 1.96 bits per heavy atom. The highest BCUT2D eigenvalue weighted by atomic mass is 16.5. The summed E-state index contributed by atoms with van der Waals surface area (Å²) < 4.78 is 5.29. The molecule has 0 fully saturated rings. The second kappa shape index (κ2) is 6.28. The molecule has 2 aromatic carbocycles. The Bertz CT molecular complexity index is 912. The summed E-state index contributed by atoms with van der Waals surface area (Å²) in [6, 6.07) is 19.0. The molecule has 1 N–H and O–H groups in total. The van der Waals surface area contributed by atoms with Crippen molar-refractivity contribution in [2.45, 2.75) is 6.17 Å². The van der Waals surface area contributed by atoms with E-state index in [-0.39, 0.29) is 12.1 Å². The number of methoxy groups -OCH3 is 1. The number of rotatable bonds is 4. The van der Waals surface area contributed by atoms with Gasteiger partial charge in [0.25, 0.3) is 5.91 Å². The van der Waals surface area contributed by atoms with Crippen LogP contribution in [0.1, 0.15) is 22.1 Å². The molecule has 5 nitrogen and oxygen atoms in total. The Morgan fingerprint density at radius 3 is 2.76 bits per heavy atom. The molecular formula is C20H17N3O2. The van der Waals surface area contributed by atoms with Crippen molar-refractivity contribution < 1.29 is 9.53 Å². The van der Waals surface area contributed by atoms with Crippen molar-refractivity contribution >= 4 is 17.3 Å². The first-order valence-electron chi connectivity index (χ1n) is 8.01. The van der Waals surface area contributed by atoms with Crippen molar-refractivity contribution in [3.05, 3.63) is 84.2 Å². The molecule has 0 aliphatic carbocycles. The van der Waals surface area contributed by atoms with E-state index in [2.05, 4.69) is 10.3 Å². The first kappa shape index (κ1) is 15.2. The van der Waals surface area contributed by atoms with Crippen molar-refractivity contribution in [3.63, 3.8) is 0 Å². The number of anilines is 2. The molecule has 1 unspecified atom stereocenters. The highest BCUT2D eigenvalue weighted by Gasteiger charge is 2.37. The minimum Gasteiger partial charge on any atom is -0.497 e. The van der Waals surface area contributed by atoms with Crippen molar-refractivity contribution in [3.8, 4) is 5.75 Å². The summed E-state index contributed by atoms with van der Waals surface area (Å²) in [5.41, 5.74) is 3.28. The van der Waals surface area contributed by atoms with Crippen LogP contribution in [0.5, 0.6) is 5.75 Å². The number of amides is 1. The van der Waals surface area contributed by atoms with Gasteiger partial charge in [-0.25, -0.2) is 0 Å². The van der Waals surface area contributed by atoms with Gasteiger partial charge in [-0.15, -0.1) is 0 Å². The number of fused-ring (bicyclic) bond motifs is 1. The van der Waals surface area contributed by atoms with E-state index in [9.17, 15) is 4.79 Å². The zero-order valence-electron chi connectivity index (χ0n) is 13.7. The van der Waals surface area contributed by atoms with Crippen LogP contribution in [0.15, 0.2) is 73.1 Å².